The molecule has 2 aromatic carbocycles. The molecule has 0 aliphatic carbocycles. The summed E-state index contributed by atoms with van der Waals surface area (Å²) in [4.78, 5) is 2.74. The molecule has 8 heteroatoms. The predicted octanol–water partition coefficient (Wildman–Crippen LogP) is 2.79. The van der Waals surface area contributed by atoms with Gasteiger partial charge in [0, 0.05) is 40.2 Å². The third kappa shape index (κ3) is 5.64. The Morgan fingerprint density at radius 3 is 2.44 bits per heavy atom. The van der Waals surface area contributed by atoms with Crippen molar-refractivity contribution in [3.8, 4) is 11.5 Å². The van der Waals surface area contributed by atoms with Crippen molar-refractivity contribution in [2.75, 3.05) is 25.1 Å². The fourth-order valence-electron chi connectivity index (χ4n) is 2.44. The van der Waals surface area contributed by atoms with Crippen LogP contribution in [0.4, 0.5) is 5.69 Å². The van der Waals surface area contributed by atoms with Crippen LogP contribution in [0.3, 0.4) is 0 Å². The number of nitrogens with one attached hydrogen (secondary N) is 1. The number of rotatable bonds is 7. The molecule has 1 N–H and O–H groups in total. The molecule has 0 spiro atoms. The maximum atomic E-state index is 11.6. The molecule has 0 fully saturated rings. The molecule has 2 atom stereocenters. The summed E-state index contributed by atoms with van der Waals surface area (Å²) >= 11 is -2.38. The van der Waals surface area contributed by atoms with E-state index in [0.29, 0.717) is 23.7 Å². The molecule has 2 aromatic rings. The minimum Gasteiger partial charge on any atom is -0.755 e. The van der Waals surface area contributed by atoms with Gasteiger partial charge in [0.1, 0.15) is 11.5 Å². The van der Waals surface area contributed by atoms with Crippen LogP contribution in [0.25, 0.3) is 0 Å². The smallest absolute Gasteiger partial charge is 0.132 e. The lowest BCUT2D eigenvalue weighted by Crippen LogP contribution is -2.12. The van der Waals surface area contributed by atoms with E-state index in [1.165, 1.54) is 0 Å². The quantitative estimate of drug-likeness (QED) is 0.746. The third-order valence-corrected chi connectivity index (χ3v) is 4.91. The van der Waals surface area contributed by atoms with Crippen molar-refractivity contribution in [1.82, 2.24) is 4.90 Å². The number of aryl methyl sites for hydroxylation is 1. The van der Waals surface area contributed by atoms with Crippen LogP contribution in [-0.4, -0.2) is 38.2 Å². The highest BCUT2D eigenvalue weighted by molar-refractivity contribution is 7.84. The second-order valence-electron chi connectivity index (χ2n) is 5.88. The van der Waals surface area contributed by atoms with Crippen LogP contribution in [0.15, 0.2) is 41.3 Å². The van der Waals surface area contributed by atoms with Gasteiger partial charge in [-0.1, -0.05) is 0 Å². The summed E-state index contributed by atoms with van der Waals surface area (Å²) in [5.74, 6) is 1.28. The van der Waals surface area contributed by atoms with E-state index in [0.717, 1.165) is 16.0 Å². The molecular weight excluding hydrogens is 360 g/mol. The number of hydrogen-bond donors (Lipinski definition) is 1. The summed E-state index contributed by atoms with van der Waals surface area (Å²) in [5.41, 5.74) is 2.22. The molecule has 6 nitrogen and oxygen atoms in total. The molecule has 0 saturated heterocycles. The van der Waals surface area contributed by atoms with Crippen molar-refractivity contribution in [2.24, 2.45) is 0 Å². The normalized spacial score (nSPS) is 13.5. The molecule has 0 radical (unpaired) electrons. The minimum atomic E-state index is -2.38. The van der Waals surface area contributed by atoms with E-state index < -0.39 is 22.1 Å². The maximum Gasteiger partial charge on any atom is 0.132 e. The summed E-state index contributed by atoms with van der Waals surface area (Å²) in [6.07, 6.45) is 1.64. The largest absolute Gasteiger partial charge is 0.755 e. The third-order valence-electron chi connectivity index (χ3n) is 3.43. The Morgan fingerprint density at radius 2 is 1.88 bits per heavy atom. The predicted molar refractivity (Wildman–Crippen MR) is 100.0 cm³/mol. The second kappa shape index (κ2) is 8.57. The van der Waals surface area contributed by atoms with Gasteiger partial charge in [-0.05, 0) is 63.0 Å². The molecule has 0 amide bonds. The van der Waals surface area contributed by atoms with Crippen LogP contribution in [0.2, 0.25) is 0 Å². The highest BCUT2D eigenvalue weighted by Gasteiger charge is 2.10. The van der Waals surface area contributed by atoms with Crippen LogP contribution >= 0.6 is 0 Å². The molecule has 136 valence electrons. The first-order valence-electron chi connectivity index (χ1n) is 7.52. The molecule has 0 aliphatic heterocycles. The van der Waals surface area contributed by atoms with E-state index in [9.17, 15) is 13.0 Å². The fraction of sp³-hybridized carbons (Fsp3) is 0.294. The summed E-state index contributed by atoms with van der Waals surface area (Å²) in [6.45, 7) is 2.48. The van der Waals surface area contributed by atoms with Gasteiger partial charge in [-0.2, -0.15) is 0 Å². The second-order valence-corrected chi connectivity index (χ2v) is 7.90. The fourth-order valence-corrected chi connectivity index (χ4v) is 3.53. The number of ether oxygens (including phenoxy) is 1. The Labute approximate surface area is 153 Å². The molecular formula is C17H21N2O4S2-. The first kappa shape index (κ1) is 19.6. The Kier molecular flexibility index (Phi) is 6.71. The molecule has 2 rings (SSSR count). The van der Waals surface area contributed by atoms with E-state index in [1.807, 2.05) is 32.0 Å². The molecule has 0 saturated carbocycles. The first-order valence-corrected chi connectivity index (χ1v) is 10.1. The SMILES string of the molecule is Cc1cc(Oc2ccc(NS(=O)[O-])cc2CN(C)C)ccc1S(C)=O. The Morgan fingerprint density at radius 1 is 1.16 bits per heavy atom. The lowest BCUT2D eigenvalue weighted by atomic mass is 10.1. The van der Waals surface area contributed by atoms with Crippen molar-refractivity contribution in [2.45, 2.75) is 18.4 Å². The van der Waals surface area contributed by atoms with Crippen LogP contribution in [0, 0.1) is 6.92 Å². The average Bonchev–Trinajstić information content (AvgIpc) is 2.48. The van der Waals surface area contributed by atoms with Crippen molar-refractivity contribution in [3.63, 3.8) is 0 Å². The summed E-state index contributed by atoms with van der Waals surface area (Å²) < 4.78 is 41.6. The zero-order chi connectivity index (χ0) is 18.6. The molecule has 0 heterocycles. The standard InChI is InChI=1S/C17H22N2O4S2/c1-12-9-15(6-8-17(12)24(4)20)23-16-7-5-14(18-25(21)22)10-13(16)11-19(2)3/h5-10,18H,11H2,1-4H3,(H,21,22)/p-1. The van der Waals surface area contributed by atoms with Gasteiger partial charge >= 0.3 is 0 Å². The Bertz CT molecular complexity index is 809. The Hall–Kier alpha value is -1.74. The lowest BCUT2D eigenvalue weighted by molar-refractivity contribution is 0.388. The van der Waals surface area contributed by atoms with Crippen LogP contribution in [-0.2, 0) is 28.6 Å². The highest BCUT2D eigenvalue weighted by atomic mass is 32.2. The number of nitrogens with zero attached hydrogens (tertiary/aromatic N) is 1. The van der Waals surface area contributed by atoms with Crippen molar-refractivity contribution in [1.29, 1.82) is 0 Å². The molecule has 0 aliphatic rings. The van der Waals surface area contributed by atoms with Gasteiger partial charge < -0.3 is 18.9 Å². The van der Waals surface area contributed by atoms with Crippen molar-refractivity contribution in [3.05, 3.63) is 47.5 Å². The lowest BCUT2D eigenvalue weighted by Gasteiger charge is -2.17. The van der Waals surface area contributed by atoms with Gasteiger partial charge in [-0.25, -0.2) is 0 Å². The molecule has 0 aromatic heterocycles. The summed E-state index contributed by atoms with van der Waals surface area (Å²) in [7, 11) is 2.80. The van der Waals surface area contributed by atoms with Gasteiger partial charge in [0.05, 0.1) is 10.8 Å². The van der Waals surface area contributed by atoms with Crippen molar-refractivity contribution >= 4 is 27.8 Å². The van der Waals surface area contributed by atoms with Gasteiger partial charge in [-0.3, -0.25) is 8.42 Å². The van der Waals surface area contributed by atoms with Crippen LogP contribution in [0.5, 0.6) is 11.5 Å². The van der Waals surface area contributed by atoms with Crippen molar-refractivity contribution < 1.29 is 17.7 Å². The van der Waals surface area contributed by atoms with Gasteiger partial charge in [-0.15, -0.1) is 0 Å². The number of anilines is 1. The molecule has 0 bridgehead atoms. The first-order chi connectivity index (χ1) is 11.8. The van der Waals surface area contributed by atoms with Gasteiger partial charge in [0.2, 0.25) is 0 Å². The molecule has 25 heavy (non-hydrogen) atoms. The topological polar surface area (TPSA) is 81.7 Å². The minimum absolute atomic E-state index is 0.477. The number of benzene rings is 2. The summed E-state index contributed by atoms with van der Waals surface area (Å²) in [5, 5.41) is 0. The maximum absolute atomic E-state index is 11.6. The number of hydrogen-bond acceptors (Lipinski definition) is 5. The van der Waals surface area contributed by atoms with Crippen LogP contribution < -0.4 is 9.46 Å². The molecule has 2 unspecified atom stereocenters. The van der Waals surface area contributed by atoms with E-state index in [2.05, 4.69) is 4.72 Å². The zero-order valence-corrected chi connectivity index (χ0v) is 16.2. The van der Waals surface area contributed by atoms with E-state index in [4.69, 9.17) is 4.74 Å². The van der Waals surface area contributed by atoms with Gasteiger partial charge in [0.25, 0.3) is 0 Å². The highest BCUT2D eigenvalue weighted by Crippen LogP contribution is 2.30. The zero-order valence-electron chi connectivity index (χ0n) is 14.6. The van der Waals surface area contributed by atoms with Crippen LogP contribution in [0.1, 0.15) is 11.1 Å². The summed E-state index contributed by atoms with van der Waals surface area (Å²) in [6, 6.07) is 10.5. The monoisotopic (exact) mass is 381 g/mol. The van der Waals surface area contributed by atoms with Gasteiger partial charge in [0.15, 0.2) is 0 Å². The Balaban J connectivity index is 2.32. The average molecular weight is 381 g/mol. The van der Waals surface area contributed by atoms with E-state index in [1.54, 1.807) is 36.6 Å². The van der Waals surface area contributed by atoms with E-state index in [-0.39, 0.29) is 0 Å². The van der Waals surface area contributed by atoms with E-state index >= 15 is 0 Å².